The zero-order valence-electron chi connectivity index (χ0n) is 7.41. The fourth-order valence-electron chi connectivity index (χ4n) is 1.54. The molecule has 0 amide bonds. The molecule has 0 spiro atoms. The van der Waals surface area contributed by atoms with Crippen LogP contribution in [0.2, 0.25) is 0 Å². The molecule has 2 aromatic heterocycles. The number of nitrogens with zero attached hydrogens (tertiary/aromatic N) is 2. The maximum Gasteiger partial charge on any atom is 0.0513 e. The topological polar surface area (TPSA) is 17.8 Å². The minimum absolute atomic E-state index is 1.02. The van der Waals surface area contributed by atoms with E-state index in [0.29, 0.717) is 0 Å². The molecule has 0 saturated carbocycles. The van der Waals surface area contributed by atoms with Crippen molar-refractivity contribution in [3.8, 4) is 0 Å². The summed E-state index contributed by atoms with van der Waals surface area (Å²) in [4.78, 5) is 4.24. The second-order valence-electron chi connectivity index (χ2n) is 2.93. The maximum absolute atomic E-state index is 4.24. The standard InChI is InChI=1S/C10H12N2/c1-3-12-7-5-9-8(2)11-6-4-10(9)12/h4-7H,3H2,1-2H3. The van der Waals surface area contributed by atoms with Gasteiger partial charge in [-0.1, -0.05) is 0 Å². The Morgan fingerprint density at radius 3 is 3.00 bits per heavy atom. The van der Waals surface area contributed by atoms with Gasteiger partial charge in [-0.15, -0.1) is 0 Å². The van der Waals surface area contributed by atoms with Crippen LogP contribution in [0, 0.1) is 6.92 Å². The predicted molar refractivity (Wildman–Crippen MR) is 50.1 cm³/mol. The van der Waals surface area contributed by atoms with E-state index in [0.717, 1.165) is 12.2 Å². The van der Waals surface area contributed by atoms with E-state index in [1.807, 2.05) is 13.1 Å². The lowest BCUT2D eigenvalue weighted by Gasteiger charge is -2.00. The Morgan fingerprint density at radius 2 is 2.25 bits per heavy atom. The molecule has 2 rings (SSSR count). The van der Waals surface area contributed by atoms with Crippen molar-refractivity contribution in [2.45, 2.75) is 20.4 Å². The largest absolute Gasteiger partial charge is 0.348 e. The summed E-state index contributed by atoms with van der Waals surface area (Å²) in [5, 5.41) is 1.26. The summed E-state index contributed by atoms with van der Waals surface area (Å²) in [5.41, 5.74) is 2.39. The molecule has 0 fully saturated rings. The van der Waals surface area contributed by atoms with E-state index in [-0.39, 0.29) is 0 Å². The molecule has 0 aromatic carbocycles. The molecule has 0 unspecified atom stereocenters. The number of aryl methyl sites for hydroxylation is 2. The lowest BCUT2D eigenvalue weighted by atomic mass is 10.2. The highest BCUT2D eigenvalue weighted by atomic mass is 14.9. The zero-order chi connectivity index (χ0) is 8.55. The molecule has 0 saturated heterocycles. The number of aromatic nitrogens is 2. The Bertz CT molecular complexity index is 401. The molecule has 2 heteroatoms. The van der Waals surface area contributed by atoms with Crippen molar-refractivity contribution >= 4 is 10.9 Å². The van der Waals surface area contributed by atoms with Crippen LogP contribution in [0.5, 0.6) is 0 Å². The highest BCUT2D eigenvalue weighted by Gasteiger charge is 2.00. The summed E-state index contributed by atoms with van der Waals surface area (Å²) in [5.74, 6) is 0. The number of hydrogen-bond acceptors (Lipinski definition) is 1. The Balaban J connectivity index is 2.80. The first-order valence-electron chi connectivity index (χ1n) is 4.23. The molecule has 2 heterocycles. The summed E-state index contributed by atoms with van der Waals surface area (Å²) in [6.45, 7) is 5.21. The smallest absolute Gasteiger partial charge is 0.0513 e. The summed E-state index contributed by atoms with van der Waals surface area (Å²) in [6, 6.07) is 4.19. The molecular weight excluding hydrogens is 148 g/mol. The van der Waals surface area contributed by atoms with Crippen LogP contribution in [0.1, 0.15) is 12.6 Å². The summed E-state index contributed by atoms with van der Waals surface area (Å²) in [7, 11) is 0. The minimum atomic E-state index is 1.02. The van der Waals surface area contributed by atoms with Gasteiger partial charge in [0, 0.05) is 30.0 Å². The monoisotopic (exact) mass is 160 g/mol. The van der Waals surface area contributed by atoms with E-state index >= 15 is 0 Å². The van der Waals surface area contributed by atoms with Crippen LogP contribution in [-0.2, 0) is 6.54 Å². The number of pyridine rings is 1. The molecule has 0 radical (unpaired) electrons. The van der Waals surface area contributed by atoms with Crippen LogP contribution in [0.4, 0.5) is 0 Å². The van der Waals surface area contributed by atoms with Crippen molar-refractivity contribution in [1.82, 2.24) is 9.55 Å². The number of rotatable bonds is 1. The van der Waals surface area contributed by atoms with Crippen molar-refractivity contribution in [3.63, 3.8) is 0 Å². The Hall–Kier alpha value is -1.31. The Kier molecular flexibility index (Phi) is 1.61. The van der Waals surface area contributed by atoms with Crippen LogP contribution in [0.3, 0.4) is 0 Å². The van der Waals surface area contributed by atoms with Gasteiger partial charge in [0.2, 0.25) is 0 Å². The first kappa shape index (κ1) is 7.35. The van der Waals surface area contributed by atoms with Crippen LogP contribution in [0.25, 0.3) is 10.9 Å². The van der Waals surface area contributed by atoms with Crippen molar-refractivity contribution in [2.75, 3.05) is 0 Å². The third-order valence-electron chi connectivity index (χ3n) is 2.24. The van der Waals surface area contributed by atoms with Crippen LogP contribution >= 0.6 is 0 Å². The van der Waals surface area contributed by atoms with Gasteiger partial charge in [0.1, 0.15) is 0 Å². The molecule has 0 aliphatic rings. The molecule has 62 valence electrons. The maximum atomic E-state index is 4.24. The number of hydrogen-bond donors (Lipinski definition) is 0. The fourth-order valence-corrected chi connectivity index (χ4v) is 1.54. The van der Waals surface area contributed by atoms with Gasteiger partial charge in [-0.3, -0.25) is 4.98 Å². The predicted octanol–water partition coefficient (Wildman–Crippen LogP) is 2.36. The van der Waals surface area contributed by atoms with Gasteiger partial charge in [-0.05, 0) is 26.0 Å². The first-order valence-corrected chi connectivity index (χ1v) is 4.23. The van der Waals surface area contributed by atoms with E-state index in [2.05, 4.69) is 34.8 Å². The average molecular weight is 160 g/mol. The zero-order valence-corrected chi connectivity index (χ0v) is 7.41. The highest BCUT2D eigenvalue weighted by Crippen LogP contribution is 2.16. The van der Waals surface area contributed by atoms with Crippen molar-refractivity contribution in [1.29, 1.82) is 0 Å². The van der Waals surface area contributed by atoms with Crippen LogP contribution in [0.15, 0.2) is 24.5 Å². The van der Waals surface area contributed by atoms with E-state index in [1.54, 1.807) is 0 Å². The van der Waals surface area contributed by atoms with Crippen molar-refractivity contribution < 1.29 is 0 Å². The lowest BCUT2D eigenvalue weighted by molar-refractivity contribution is 0.797. The molecule has 2 aromatic rings. The highest BCUT2D eigenvalue weighted by molar-refractivity contribution is 5.81. The summed E-state index contributed by atoms with van der Waals surface area (Å²) in [6.07, 6.45) is 3.98. The molecular formula is C10H12N2. The van der Waals surface area contributed by atoms with Crippen molar-refractivity contribution in [2.24, 2.45) is 0 Å². The van der Waals surface area contributed by atoms with Gasteiger partial charge < -0.3 is 4.57 Å². The normalized spacial score (nSPS) is 10.8. The van der Waals surface area contributed by atoms with Gasteiger partial charge in [0.15, 0.2) is 0 Å². The van der Waals surface area contributed by atoms with Crippen LogP contribution in [-0.4, -0.2) is 9.55 Å². The fraction of sp³-hybridized carbons (Fsp3) is 0.300. The second kappa shape index (κ2) is 2.63. The van der Waals surface area contributed by atoms with Gasteiger partial charge >= 0.3 is 0 Å². The van der Waals surface area contributed by atoms with E-state index in [9.17, 15) is 0 Å². The van der Waals surface area contributed by atoms with Gasteiger partial charge in [0.05, 0.1) is 5.52 Å². The Morgan fingerprint density at radius 1 is 1.42 bits per heavy atom. The SMILES string of the molecule is CCn1ccc2c(C)nccc21. The second-order valence-corrected chi connectivity index (χ2v) is 2.93. The van der Waals surface area contributed by atoms with Crippen molar-refractivity contribution in [3.05, 3.63) is 30.2 Å². The molecule has 0 N–H and O–H groups in total. The molecule has 0 atom stereocenters. The first-order chi connectivity index (χ1) is 5.83. The number of fused-ring (bicyclic) bond motifs is 1. The lowest BCUT2D eigenvalue weighted by Crippen LogP contribution is -1.91. The summed E-state index contributed by atoms with van der Waals surface area (Å²) < 4.78 is 2.23. The molecule has 12 heavy (non-hydrogen) atoms. The molecule has 0 aliphatic heterocycles. The van der Waals surface area contributed by atoms with Gasteiger partial charge in [0.25, 0.3) is 0 Å². The van der Waals surface area contributed by atoms with Gasteiger partial charge in [-0.25, -0.2) is 0 Å². The Labute approximate surface area is 71.8 Å². The quantitative estimate of drug-likeness (QED) is 0.626. The van der Waals surface area contributed by atoms with Gasteiger partial charge in [-0.2, -0.15) is 0 Å². The third-order valence-corrected chi connectivity index (χ3v) is 2.24. The average Bonchev–Trinajstić information content (AvgIpc) is 2.49. The van der Waals surface area contributed by atoms with E-state index < -0.39 is 0 Å². The molecule has 0 bridgehead atoms. The molecule has 0 aliphatic carbocycles. The third kappa shape index (κ3) is 0.916. The van der Waals surface area contributed by atoms with E-state index in [1.165, 1.54) is 10.9 Å². The molecule has 2 nitrogen and oxygen atoms in total. The summed E-state index contributed by atoms with van der Waals surface area (Å²) >= 11 is 0. The van der Waals surface area contributed by atoms with E-state index in [4.69, 9.17) is 0 Å². The minimum Gasteiger partial charge on any atom is -0.348 e. The van der Waals surface area contributed by atoms with Crippen LogP contribution < -0.4 is 0 Å².